The molecule has 0 bridgehead atoms. The molecule has 146 valence electrons. The zero-order valence-corrected chi connectivity index (χ0v) is 17.3. The number of rotatable bonds is 6. The number of methoxy groups -OCH3 is 1. The molecular formula is C21H21ClN2O3S. The normalized spacial score (nSPS) is 14.9. The van der Waals surface area contributed by atoms with Gasteiger partial charge in [-0.25, -0.2) is 0 Å². The molecule has 2 aromatic rings. The third kappa shape index (κ3) is 4.76. The first kappa shape index (κ1) is 20.5. The number of nitrogens with zero attached hydrogens (tertiary/aromatic N) is 1. The van der Waals surface area contributed by atoms with E-state index in [1.165, 1.54) is 11.8 Å². The van der Waals surface area contributed by atoms with Crippen LogP contribution in [0.2, 0.25) is 5.02 Å². The second-order valence-corrected chi connectivity index (χ2v) is 7.83. The van der Waals surface area contributed by atoms with Crippen LogP contribution in [0.5, 0.6) is 0 Å². The van der Waals surface area contributed by atoms with Gasteiger partial charge < -0.3 is 15.0 Å². The Balaban J connectivity index is 1.80. The molecule has 0 saturated heterocycles. The molecule has 2 aromatic carbocycles. The standard InChI is InChI=1S/C21H21ClN2O3S/c1-24-17-13-15(20(25)23-9-4-10-27-2)7-8-18(17)28-19(21(24)26)12-14-5-3-6-16(22)11-14/h3,5-8,11-13H,4,9-10H2,1-2H3,(H,23,25). The molecule has 0 spiro atoms. The number of likely N-dealkylation sites (N-methyl/N-ethyl adjacent to an activating group) is 1. The van der Waals surface area contributed by atoms with Crippen LogP contribution in [0.4, 0.5) is 5.69 Å². The fraction of sp³-hybridized carbons (Fsp3) is 0.238. The Morgan fingerprint density at radius 2 is 2.11 bits per heavy atom. The number of hydrogen-bond acceptors (Lipinski definition) is 4. The topological polar surface area (TPSA) is 58.6 Å². The molecule has 0 fully saturated rings. The number of anilines is 1. The number of carbonyl (C=O) groups excluding carboxylic acids is 2. The molecule has 1 heterocycles. The van der Waals surface area contributed by atoms with Gasteiger partial charge in [0, 0.05) is 42.8 Å². The van der Waals surface area contributed by atoms with Gasteiger partial charge >= 0.3 is 0 Å². The van der Waals surface area contributed by atoms with Gasteiger partial charge in [-0.1, -0.05) is 35.5 Å². The minimum atomic E-state index is -0.162. The van der Waals surface area contributed by atoms with E-state index in [0.717, 1.165) is 22.6 Å². The first-order valence-corrected chi connectivity index (χ1v) is 10.0. The van der Waals surface area contributed by atoms with Crippen LogP contribution in [0.1, 0.15) is 22.3 Å². The number of fused-ring (bicyclic) bond motifs is 1. The van der Waals surface area contributed by atoms with Crippen molar-refractivity contribution in [2.75, 3.05) is 32.2 Å². The van der Waals surface area contributed by atoms with Crippen molar-refractivity contribution in [2.24, 2.45) is 0 Å². The minimum Gasteiger partial charge on any atom is -0.385 e. The summed E-state index contributed by atoms with van der Waals surface area (Å²) in [6.07, 6.45) is 2.58. The number of carbonyl (C=O) groups is 2. The average molecular weight is 417 g/mol. The summed E-state index contributed by atoms with van der Waals surface area (Å²) in [6.45, 7) is 1.14. The van der Waals surface area contributed by atoms with Crippen LogP contribution in [0.15, 0.2) is 52.3 Å². The maximum atomic E-state index is 12.8. The van der Waals surface area contributed by atoms with Gasteiger partial charge in [-0.2, -0.15) is 0 Å². The number of halogens is 1. The van der Waals surface area contributed by atoms with Crippen LogP contribution >= 0.6 is 23.4 Å². The molecule has 28 heavy (non-hydrogen) atoms. The maximum Gasteiger partial charge on any atom is 0.264 e. The molecule has 3 rings (SSSR count). The van der Waals surface area contributed by atoms with Gasteiger partial charge in [-0.15, -0.1) is 0 Å². The second-order valence-electron chi connectivity index (χ2n) is 6.31. The molecule has 1 aliphatic rings. The zero-order chi connectivity index (χ0) is 20.1. The number of ether oxygens (including phenoxy) is 1. The van der Waals surface area contributed by atoms with Crippen molar-refractivity contribution in [1.82, 2.24) is 5.32 Å². The Morgan fingerprint density at radius 1 is 1.29 bits per heavy atom. The van der Waals surface area contributed by atoms with E-state index < -0.39 is 0 Å². The molecule has 1 N–H and O–H groups in total. The van der Waals surface area contributed by atoms with Crippen molar-refractivity contribution in [2.45, 2.75) is 11.3 Å². The first-order valence-electron chi connectivity index (χ1n) is 8.84. The van der Waals surface area contributed by atoms with Crippen LogP contribution < -0.4 is 10.2 Å². The van der Waals surface area contributed by atoms with Gasteiger partial charge in [-0.3, -0.25) is 9.59 Å². The van der Waals surface area contributed by atoms with Gasteiger partial charge in [0.2, 0.25) is 0 Å². The Bertz CT molecular complexity index is 930. The quantitative estimate of drug-likeness (QED) is 0.566. The summed E-state index contributed by atoms with van der Waals surface area (Å²) in [7, 11) is 3.35. The highest BCUT2D eigenvalue weighted by molar-refractivity contribution is 8.04. The van der Waals surface area contributed by atoms with E-state index in [-0.39, 0.29) is 11.8 Å². The van der Waals surface area contributed by atoms with E-state index in [2.05, 4.69) is 5.32 Å². The third-order valence-corrected chi connectivity index (χ3v) is 5.59. The fourth-order valence-electron chi connectivity index (χ4n) is 2.80. The Morgan fingerprint density at radius 3 is 2.86 bits per heavy atom. The maximum absolute atomic E-state index is 12.8. The predicted octanol–water partition coefficient (Wildman–Crippen LogP) is 4.22. The molecule has 0 aromatic heterocycles. The van der Waals surface area contributed by atoms with Crippen molar-refractivity contribution < 1.29 is 14.3 Å². The van der Waals surface area contributed by atoms with Gasteiger partial charge in [0.05, 0.1) is 10.6 Å². The van der Waals surface area contributed by atoms with E-state index in [1.807, 2.05) is 30.3 Å². The van der Waals surface area contributed by atoms with Crippen LogP contribution in [-0.2, 0) is 9.53 Å². The zero-order valence-electron chi connectivity index (χ0n) is 15.7. The second kappa shape index (κ2) is 9.28. The molecule has 5 nitrogen and oxygen atoms in total. The van der Waals surface area contributed by atoms with Gasteiger partial charge in [0.15, 0.2) is 0 Å². The number of hydrogen-bond donors (Lipinski definition) is 1. The molecule has 0 saturated carbocycles. The summed E-state index contributed by atoms with van der Waals surface area (Å²) in [4.78, 5) is 28.2. The Kier molecular flexibility index (Phi) is 6.78. The molecular weight excluding hydrogens is 396 g/mol. The van der Waals surface area contributed by atoms with Crippen LogP contribution in [0.3, 0.4) is 0 Å². The van der Waals surface area contributed by atoms with E-state index in [0.29, 0.717) is 28.6 Å². The van der Waals surface area contributed by atoms with E-state index in [1.54, 1.807) is 37.3 Å². The highest BCUT2D eigenvalue weighted by Crippen LogP contribution is 2.42. The Labute approximate surface area is 173 Å². The van der Waals surface area contributed by atoms with Gasteiger partial charge in [-0.05, 0) is 48.4 Å². The van der Waals surface area contributed by atoms with E-state index in [4.69, 9.17) is 16.3 Å². The average Bonchev–Trinajstić information content (AvgIpc) is 2.69. The lowest BCUT2D eigenvalue weighted by Gasteiger charge is -2.27. The van der Waals surface area contributed by atoms with Crippen LogP contribution in [0.25, 0.3) is 6.08 Å². The summed E-state index contributed by atoms with van der Waals surface area (Å²) >= 11 is 7.43. The van der Waals surface area contributed by atoms with Crippen molar-refractivity contribution in [3.63, 3.8) is 0 Å². The van der Waals surface area contributed by atoms with Gasteiger partial charge in [0.1, 0.15) is 0 Å². The molecule has 0 radical (unpaired) electrons. The molecule has 2 amide bonds. The summed E-state index contributed by atoms with van der Waals surface area (Å²) in [5.74, 6) is -0.278. The molecule has 0 atom stereocenters. The van der Waals surface area contributed by atoms with E-state index in [9.17, 15) is 9.59 Å². The lowest BCUT2D eigenvalue weighted by molar-refractivity contribution is -0.114. The first-order chi connectivity index (χ1) is 13.5. The molecule has 7 heteroatoms. The van der Waals surface area contributed by atoms with Crippen molar-refractivity contribution in [1.29, 1.82) is 0 Å². The van der Waals surface area contributed by atoms with Gasteiger partial charge in [0.25, 0.3) is 11.8 Å². The minimum absolute atomic E-state index is 0.116. The summed E-state index contributed by atoms with van der Waals surface area (Å²) in [6, 6.07) is 12.8. The lowest BCUT2D eigenvalue weighted by Crippen LogP contribution is -2.31. The third-order valence-electron chi connectivity index (χ3n) is 4.28. The lowest BCUT2D eigenvalue weighted by atomic mass is 10.1. The smallest absolute Gasteiger partial charge is 0.264 e. The summed E-state index contributed by atoms with van der Waals surface area (Å²) in [5.41, 5.74) is 2.12. The predicted molar refractivity (Wildman–Crippen MR) is 114 cm³/mol. The Hall–Kier alpha value is -2.28. The SMILES string of the molecule is COCCCNC(=O)c1ccc2c(c1)N(C)C(=O)C(=Cc1cccc(Cl)c1)S2. The number of amides is 2. The molecule has 1 aliphatic heterocycles. The number of nitrogens with one attached hydrogen (secondary N) is 1. The monoisotopic (exact) mass is 416 g/mol. The summed E-state index contributed by atoms with van der Waals surface area (Å²) in [5, 5.41) is 3.48. The molecule has 0 aliphatic carbocycles. The number of thioether (sulfide) groups is 1. The molecule has 0 unspecified atom stereocenters. The highest BCUT2D eigenvalue weighted by atomic mass is 35.5. The highest BCUT2D eigenvalue weighted by Gasteiger charge is 2.27. The van der Waals surface area contributed by atoms with Crippen molar-refractivity contribution in [3.05, 3.63) is 63.5 Å². The number of benzene rings is 2. The summed E-state index contributed by atoms with van der Waals surface area (Å²) < 4.78 is 4.98. The van der Waals surface area contributed by atoms with Crippen LogP contribution in [0, 0.1) is 0 Å². The van der Waals surface area contributed by atoms with Crippen molar-refractivity contribution in [3.8, 4) is 0 Å². The largest absolute Gasteiger partial charge is 0.385 e. The fourth-order valence-corrected chi connectivity index (χ4v) is 4.09. The van der Waals surface area contributed by atoms with E-state index >= 15 is 0 Å². The van der Waals surface area contributed by atoms with Crippen LogP contribution in [-0.4, -0.2) is 39.1 Å². The van der Waals surface area contributed by atoms with Crippen molar-refractivity contribution >= 4 is 46.9 Å².